The van der Waals surface area contributed by atoms with Crippen LogP contribution in [0.5, 0.6) is 0 Å². The van der Waals surface area contributed by atoms with Crippen LogP contribution in [0.25, 0.3) is 0 Å². The predicted octanol–water partition coefficient (Wildman–Crippen LogP) is 3.75. The van der Waals surface area contributed by atoms with Crippen LogP contribution in [-0.4, -0.2) is 65.3 Å². The van der Waals surface area contributed by atoms with Crippen molar-refractivity contribution in [2.45, 2.75) is 89.0 Å². The zero-order valence-corrected chi connectivity index (χ0v) is 21.6. The van der Waals surface area contributed by atoms with Crippen molar-refractivity contribution in [3.05, 3.63) is 0 Å². The molecule has 0 heterocycles. The third kappa shape index (κ3) is 8.46. The average Bonchev–Trinajstić information content (AvgIpc) is 2.68. The van der Waals surface area contributed by atoms with Crippen LogP contribution >= 0.6 is 24.0 Å². The standard InChI is InChI=1S/C21H42N4OS.HI/c1-5-22-21(24-18-13-10-14-19(15-18)27(26)6-2)23-16-20(25(3)4)17-11-8-7-9-12-17;/h17-20H,5-16H2,1-4H3,(H2,22,23,24);1H. The summed E-state index contributed by atoms with van der Waals surface area (Å²) in [6.45, 7) is 5.88. The van der Waals surface area contributed by atoms with Crippen LogP contribution in [0.2, 0.25) is 0 Å². The lowest BCUT2D eigenvalue weighted by atomic mass is 9.83. The molecule has 2 N–H and O–H groups in total. The molecule has 2 saturated carbocycles. The first-order valence-electron chi connectivity index (χ1n) is 11.1. The van der Waals surface area contributed by atoms with Gasteiger partial charge in [-0.25, -0.2) is 0 Å². The Balaban J connectivity index is 0.00000392. The van der Waals surface area contributed by atoms with E-state index in [9.17, 15) is 4.21 Å². The molecule has 0 aliphatic heterocycles. The molecule has 0 saturated heterocycles. The highest BCUT2D eigenvalue weighted by atomic mass is 127. The molecule has 5 nitrogen and oxygen atoms in total. The molecule has 2 aliphatic carbocycles. The van der Waals surface area contributed by atoms with Gasteiger partial charge in [0.1, 0.15) is 0 Å². The fourth-order valence-corrected chi connectivity index (χ4v) is 6.05. The molecule has 2 aliphatic rings. The molecule has 4 atom stereocenters. The molecule has 2 rings (SSSR count). The van der Waals surface area contributed by atoms with E-state index in [-0.39, 0.29) is 24.0 Å². The van der Waals surface area contributed by atoms with Gasteiger partial charge in [-0.15, -0.1) is 24.0 Å². The van der Waals surface area contributed by atoms with Gasteiger partial charge in [0.2, 0.25) is 0 Å². The Morgan fingerprint density at radius 2 is 1.82 bits per heavy atom. The highest BCUT2D eigenvalue weighted by Gasteiger charge is 2.27. The van der Waals surface area contributed by atoms with Gasteiger partial charge in [-0.3, -0.25) is 9.20 Å². The fraction of sp³-hybridized carbons (Fsp3) is 0.952. The minimum absolute atomic E-state index is 0. The zero-order valence-electron chi connectivity index (χ0n) is 18.4. The molecule has 28 heavy (non-hydrogen) atoms. The molecule has 2 fully saturated rings. The van der Waals surface area contributed by atoms with E-state index in [4.69, 9.17) is 4.99 Å². The molecule has 0 bridgehead atoms. The maximum absolute atomic E-state index is 12.2. The monoisotopic (exact) mass is 526 g/mol. The van der Waals surface area contributed by atoms with E-state index in [0.29, 0.717) is 17.3 Å². The van der Waals surface area contributed by atoms with E-state index in [2.05, 4.69) is 36.6 Å². The Labute approximate surface area is 192 Å². The maximum atomic E-state index is 12.2. The van der Waals surface area contributed by atoms with Crippen molar-refractivity contribution in [3.63, 3.8) is 0 Å². The van der Waals surface area contributed by atoms with Gasteiger partial charge in [-0.2, -0.15) is 0 Å². The minimum atomic E-state index is -0.680. The number of nitrogens with zero attached hydrogens (tertiary/aromatic N) is 2. The van der Waals surface area contributed by atoms with Gasteiger partial charge in [-0.1, -0.05) is 32.6 Å². The summed E-state index contributed by atoms with van der Waals surface area (Å²) in [6, 6.07) is 0.914. The smallest absolute Gasteiger partial charge is 0.191 e. The Kier molecular flexibility index (Phi) is 13.2. The summed E-state index contributed by atoms with van der Waals surface area (Å²) >= 11 is 0. The summed E-state index contributed by atoms with van der Waals surface area (Å²) in [7, 11) is 3.71. The van der Waals surface area contributed by atoms with E-state index in [1.807, 2.05) is 6.92 Å². The van der Waals surface area contributed by atoms with Crippen molar-refractivity contribution in [1.82, 2.24) is 15.5 Å². The second kappa shape index (κ2) is 14.2. The van der Waals surface area contributed by atoms with Gasteiger partial charge in [0, 0.05) is 40.4 Å². The van der Waals surface area contributed by atoms with Crippen molar-refractivity contribution >= 4 is 40.7 Å². The van der Waals surface area contributed by atoms with Crippen molar-refractivity contribution < 1.29 is 4.21 Å². The molecular formula is C21H43IN4OS. The van der Waals surface area contributed by atoms with E-state index < -0.39 is 10.8 Å². The molecular weight excluding hydrogens is 483 g/mol. The summed E-state index contributed by atoms with van der Waals surface area (Å²) in [4.78, 5) is 7.34. The summed E-state index contributed by atoms with van der Waals surface area (Å²) in [5, 5.41) is 7.43. The van der Waals surface area contributed by atoms with Crippen LogP contribution in [-0.2, 0) is 10.8 Å². The zero-order chi connectivity index (χ0) is 19.6. The van der Waals surface area contributed by atoms with E-state index in [1.54, 1.807) is 0 Å². The van der Waals surface area contributed by atoms with Crippen molar-refractivity contribution in [3.8, 4) is 0 Å². The predicted molar refractivity (Wildman–Crippen MR) is 133 cm³/mol. The van der Waals surface area contributed by atoms with E-state index >= 15 is 0 Å². The third-order valence-corrected chi connectivity index (χ3v) is 8.00. The summed E-state index contributed by atoms with van der Waals surface area (Å²) in [5.74, 6) is 2.48. The second-order valence-corrected chi connectivity index (χ2v) is 10.5. The molecule has 0 aromatic carbocycles. The first kappa shape index (κ1) is 26.1. The molecule has 0 aromatic heterocycles. The normalized spacial score (nSPS) is 26.4. The topological polar surface area (TPSA) is 56.7 Å². The van der Waals surface area contributed by atoms with Gasteiger partial charge in [0.25, 0.3) is 0 Å². The molecule has 4 unspecified atom stereocenters. The van der Waals surface area contributed by atoms with E-state index in [0.717, 1.165) is 56.4 Å². The molecule has 0 spiro atoms. The first-order valence-corrected chi connectivity index (χ1v) is 12.5. The lowest BCUT2D eigenvalue weighted by Crippen LogP contribution is -2.47. The lowest BCUT2D eigenvalue weighted by Gasteiger charge is -2.34. The van der Waals surface area contributed by atoms with Crippen LogP contribution in [0.15, 0.2) is 4.99 Å². The molecule has 166 valence electrons. The summed E-state index contributed by atoms with van der Waals surface area (Å²) < 4.78 is 12.2. The number of guanidine groups is 1. The number of aliphatic imine (C=N–C) groups is 1. The largest absolute Gasteiger partial charge is 0.357 e. The van der Waals surface area contributed by atoms with Gasteiger partial charge < -0.3 is 15.5 Å². The molecule has 0 amide bonds. The third-order valence-electron chi connectivity index (χ3n) is 6.26. The fourth-order valence-electron chi connectivity index (χ4n) is 4.70. The number of hydrogen-bond donors (Lipinski definition) is 2. The minimum Gasteiger partial charge on any atom is -0.357 e. The van der Waals surface area contributed by atoms with E-state index in [1.165, 1.54) is 32.1 Å². The molecule has 0 aromatic rings. The Hall–Kier alpha value is 0.110. The Morgan fingerprint density at radius 1 is 1.11 bits per heavy atom. The van der Waals surface area contributed by atoms with Gasteiger partial charge >= 0.3 is 0 Å². The van der Waals surface area contributed by atoms with Gasteiger partial charge in [0.05, 0.1) is 6.54 Å². The SMILES string of the molecule is CCNC(=NCC(C1CCCCC1)N(C)C)NC1CCCC(S(=O)CC)C1.I. The highest BCUT2D eigenvalue weighted by molar-refractivity contribution is 14.0. The second-order valence-electron chi connectivity index (χ2n) is 8.45. The Morgan fingerprint density at radius 3 is 2.43 bits per heavy atom. The summed E-state index contributed by atoms with van der Waals surface area (Å²) in [6.07, 6.45) is 11.2. The van der Waals surface area contributed by atoms with Crippen molar-refractivity contribution in [2.75, 3.05) is 32.9 Å². The van der Waals surface area contributed by atoms with Gasteiger partial charge in [-0.05, 0) is 59.0 Å². The molecule has 7 heteroatoms. The highest BCUT2D eigenvalue weighted by Crippen LogP contribution is 2.28. The summed E-state index contributed by atoms with van der Waals surface area (Å²) in [5.41, 5.74) is 0. The molecule has 0 radical (unpaired) electrons. The van der Waals surface area contributed by atoms with Gasteiger partial charge in [0.15, 0.2) is 5.96 Å². The number of hydrogen-bond acceptors (Lipinski definition) is 3. The first-order chi connectivity index (χ1) is 13.0. The number of nitrogens with one attached hydrogen (secondary N) is 2. The van der Waals surface area contributed by atoms with Crippen LogP contribution in [0.1, 0.15) is 71.6 Å². The van der Waals surface area contributed by atoms with Crippen molar-refractivity contribution in [1.29, 1.82) is 0 Å². The van der Waals surface area contributed by atoms with Crippen LogP contribution in [0.4, 0.5) is 0 Å². The van der Waals surface area contributed by atoms with Crippen LogP contribution in [0.3, 0.4) is 0 Å². The lowest BCUT2D eigenvalue weighted by molar-refractivity contribution is 0.176. The number of halogens is 1. The van der Waals surface area contributed by atoms with Crippen molar-refractivity contribution in [2.24, 2.45) is 10.9 Å². The number of likely N-dealkylation sites (N-methyl/N-ethyl adjacent to an activating group) is 1. The van der Waals surface area contributed by atoms with Crippen LogP contribution in [0, 0.1) is 5.92 Å². The number of rotatable bonds is 8. The average molecular weight is 527 g/mol. The maximum Gasteiger partial charge on any atom is 0.191 e. The van der Waals surface area contributed by atoms with Crippen LogP contribution < -0.4 is 10.6 Å². The quantitative estimate of drug-likeness (QED) is 0.288. The Bertz CT molecular complexity index is 483.